The summed E-state index contributed by atoms with van der Waals surface area (Å²) in [6.07, 6.45) is 9.81. The normalized spacial score (nSPS) is 29.3. The number of rotatable bonds is 8. The molecule has 20 heavy (non-hydrogen) atoms. The van der Waals surface area contributed by atoms with Crippen LogP contribution in [-0.4, -0.2) is 22.2 Å². The quantitative estimate of drug-likeness (QED) is 0.523. The molecule has 1 rings (SSSR count). The third-order valence-electron chi connectivity index (χ3n) is 4.80. The van der Waals surface area contributed by atoms with E-state index in [1.54, 1.807) is 13.0 Å². The van der Waals surface area contributed by atoms with Gasteiger partial charge in [-0.3, -0.25) is 9.59 Å². The molecule has 0 heterocycles. The number of carboxylic acid groups (broad SMARTS) is 2. The van der Waals surface area contributed by atoms with Gasteiger partial charge in [0, 0.05) is 0 Å². The maximum absolute atomic E-state index is 11.8. The number of carbonyl (C=O) groups is 2. The van der Waals surface area contributed by atoms with Crippen LogP contribution in [0.5, 0.6) is 0 Å². The monoisotopic (exact) mass is 282 g/mol. The molecule has 0 fully saturated rings. The van der Waals surface area contributed by atoms with E-state index < -0.39 is 22.8 Å². The summed E-state index contributed by atoms with van der Waals surface area (Å²) in [6.45, 7) is 3.71. The van der Waals surface area contributed by atoms with Gasteiger partial charge in [-0.25, -0.2) is 0 Å². The minimum atomic E-state index is -1.21. The summed E-state index contributed by atoms with van der Waals surface area (Å²) >= 11 is 0. The molecule has 2 atom stereocenters. The van der Waals surface area contributed by atoms with Crippen LogP contribution in [0.3, 0.4) is 0 Å². The van der Waals surface area contributed by atoms with Crippen LogP contribution in [0.15, 0.2) is 12.2 Å². The number of carboxylic acids is 2. The molecule has 0 aromatic heterocycles. The number of aliphatic carboxylic acids is 2. The molecule has 0 aromatic carbocycles. The van der Waals surface area contributed by atoms with Gasteiger partial charge in [-0.05, 0) is 26.2 Å². The second kappa shape index (κ2) is 6.91. The Labute approximate surface area is 120 Å². The molecule has 0 radical (unpaired) electrons. The van der Waals surface area contributed by atoms with Crippen molar-refractivity contribution in [2.24, 2.45) is 10.8 Å². The van der Waals surface area contributed by atoms with E-state index in [0.29, 0.717) is 19.3 Å². The van der Waals surface area contributed by atoms with Crippen molar-refractivity contribution in [3.63, 3.8) is 0 Å². The van der Waals surface area contributed by atoms with Crippen LogP contribution in [0.1, 0.15) is 65.2 Å². The van der Waals surface area contributed by atoms with Gasteiger partial charge in [0.25, 0.3) is 0 Å². The minimum absolute atomic E-state index is 0.295. The lowest BCUT2D eigenvalue weighted by molar-refractivity contribution is -0.174. The average molecular weight is 282 g/mol. The molecule has 114 valence electrons. The van der Waals surface area contributed by atoms with Gasteiger partial charge in [0.05, 0.1) is 10.8 Å². The van der Waals surface area contributed by atoms with Crippen molar-refractivity contribution < 1.29 is 19.8 Å². The van der Waals surface area contributed by atoms with Crippen molar-refractivity contribution in [3.05, 3.63) is 12.2 Å². The second-order valence-corrected chi connectivity index (χ2v) is 6.07. The van der Waals surface area contributed by atoms with Crippen LogP contribution < -0.4 is 0 Å². The van der Waals surface area contributed by atoms with Gasteiger partial charge in [-0.2, -0.15) is 0 Å². The molecule has 4 nitrogen and oxygen atoms in total. The minimum Gasteiger partial charge on any atom is -0.481 e. The van der Waals surface area contributed by atoms with Gasteiger partial charge >= 0.3 is 11.9 Å². The fraction of sp³-hybridized carbons (Fsp3) is 0.750. The fourth-order valence-electron chi connectivity index (χ4n) is 3.15. The summed E-state index contributed by atoms with van der Waals surface area (Å²) in [6, 6.07) is 0. The molecule has 0 aliphatic heterocycles. The van der Waals surface area contributed by atoms with E-state index in [2.05, 4.69) is 6.92 Å². The van der Waals surface area contributed by atoms with E-state index in [4.69, 9.17) is 0 Å². The zero-order valence-corrected chi connectivity index (χ0v) is 12.5. The number of allylic oxidation sites excluding steroid dienone is 2. The Morgan fingerprint density at radius 3 is 2.15 bits per heavy atom. The van der Waals surface area contributed by atoms with Crippen LogP contribution in [-0.2, 0) is 9.59 Å². The Kier molecular flexibility index (Phi) is 5.78. The van der Waals surface area contributed by atoms with Crippen LogP contribution in [0.4, 0.5) is 0 Å². The summed E-state index contributed by atoms with van der Waals surface area (Å²) in [5.41, 5.74) is -2.38. The van der Waals surface area contributed by atoms with Crippen molar-refractivity contribution in [2.75, 3.05) is 0 Å². The van der Waals surface area contributed by atoms with Crippen molar-refractivity contribution in [1.29, 1.82) is 0 Å². The van der Waals surface area contributed by atoms with Crippen molar-refractivity contribution >= 4 is 11.9 Å². The Morgan fingerprint density at radius 2 is 1.60 bits per heavy atom. The van der Waals surface area contributed by atoms with Crippen LogP contribution >= 0.6 is 0 Å². The maximum atomic E-state index is 11.8. The zero-order valence-electron chi connectivity index (χ0n) is 12.5. The predicted octanol–water partition coefficient (Wildman–Crippen LogP) is 3.86. The summed E-state index contributed by atoms with van der Waals surface area (Å²) in [5, 5.41) is 19.2. The lowest BCUT2D eigenvalue weighted by Crippen LogP contribution is -2.51. The van der Waals surface area contributed by atoms with E-state index in [1.807, 2.05) is 6.08 Å². The van der Waals surface area contributed by atoms with E-state index in [0.717, 1.165) is 32.1 Å². The third-order valence-corrected chi connectivity index (χ3v) is 4.80. The second-order valence-electron chi connectivity index (χ2n) is 6.07. The Morgan fingerprint density at radius 1 is 1.00 bits per heavy atom. The summed E-state index contributed by atoms with van der Waals surface area (Å²) in [5.74, 6) is -1.97. The molecule has 1 aliphatic rings. The SMILES string of the molecule is CCCCCCCC1(C(=O)O)CC=CCC1(C)C(=O)O. The van der Waals surface area contributed by atoms with Gasteiger partial charge in [0.1, 0.15) is 0 Å². The van der Waals surface area contributed by atoms with Crippen molar-refractivity contribution in [1.82, 2.24) is 0 Å². The highest BCUT2D eigenvalue weighted by Gasteiger charge is 2.57. The maximum Gasteiger partial charge on any atom is 0.311 e. The van der Waals surface area contributed by atoms with Crippen LogP contribution in [0, 0.1) is 10.8 Å². The largest absolute Gasteiger partial charge is 0.481 e. The lowest BCUT2D eigenvalue weighted by Gasteiger charge is -2.44. The van der Waals surface area contributed by atoms with Crippen LogP contribution in [0.25, 0.3) is 0 Å². The molecule has 0 spiro atoms. The molecule has 0 aromatic rings. The highest BCUT2D eigenvalue weighted by Crippen LogP contribution is 2.52. The lowest BCUT2D eigenvalue weighted by atomic mass is 9.56. The number of hydrogen-bond donors (Lipinski definition) is 2. The van der Waals surface area contributed by atoms with E-state index in [9.17, 15) is 19.8 Å². The van der Waals surface area contributed by atoms with Gasteiger partial charge in [0.2, 0.25) is 0 Å². The third kappa shape index (κ3) is 3.05. The molecular formula is C16H26O4. The smallest absolute Gasteiger partial charge is 0.311 e. The van der Waals surface area contributed by atoms with Gasteiger partial charge in [-0.1, -0.05) is 51.2 Å². The average Bonchev–Trinajstić information content (AvgIpc) is 2.40. The van der Waals surface area contributed by atoms with Gasteiger partial charge in [0.15, 0.2) is 0 Å². The molecular weight excluding hydrogens is 256 g/mol. The molecule has 0 bridgehead atoms. The molecule has 0 saturated carbocycles. The van der Waals surface area contributed by atoms with Crippen molar-refractivity contribution in [3.8, 4) is 0 Å². The van der Waals surface area contributed by atoms with E-state index in [-0.39, 0.29) is 0 Å². The zero-order chi connectivity index (χ0) is 15.2. The summed E-state index contributed by atoms with van der Waals surface area (Å²) < 4.78 is 0. The summed E-state index contributed by atoms with van der Waals surface area (Å²) in [4.78, 5) is 23.5. The topological polar surface area (TPSA) is 74.6 Å². The number of unbranched alkanes of at least 4 members (excludes halogenated alkanes) is 4. The molecule has 2 unspecified atom stereocenters. The first-order valence-electron chi connectivity index (χ1n) is 7.52. The Balaban J connectivity index is 2.86. The first-order chi connectivity index (χ1) is 9.40. The Hall–Kier alpha value is -1.32. The first-order valence-corrected chi connectivity index (χ1v) is 7.52. The van der Waals surface area contributed by atoms with Gasteiger partial charge in [-0.15, -0.1) is 0 Å². The fourth-order valence-corrected chi connectivity index (χ4v) is 3.15. The molecule has 1 aliphatic carbocycles. The molecule has 0 amide bonds. The standard InChI is InChI=1S/C16H26O4/c1-3-4-5-6-7-11-16(14(19)20)12-9-8-10-15(16,2)13(17)18/h8-9H,3-7,10-12H2,1-2H3,(H,17,18)(H,19,20). The molecule has 4 heteroatoms. The molecule has 0 saturated heterocycles. The predicted molar refractivity (Wildman–Crippen MR) is 77.6 cm³/mol. The Bertz CT molecular complexity index is 388. The molecule has 2 N–H and O–H groups in total. The van der Waals surface area contributed by atoms with E-state index >= 15 is 0 Å². The van der Waals surface area contributed by atoms with Crippen LogP contribution in [0.2, 0.25) is 0 Å². The van der Waals surface area contributed by atoms with Crippen molar-refractivity contribution in [2.45, 2.75) is 65.2 Å². The number of hydrogen-bond acceptors (Lipinski definition) is 2. The first kappa shape index (κ1) is 16.7. The summed E-state index contributed by atoms with van der Waals surface area (Å²) in [7, 11) is 0. The van der Waals surface area contributed by atoms with E-state index in [1.165, 1.54) is 0 Å². The van der Waals surface area contributed by atoms with Gasteiger partial charge < -0.3 is 10.2 Å². The highest BCUT2D eigenvalue weighted by molar-refractivity contribution is 5.87. The highest BCUT2D eigenvalue weighted by atomic mass is 16.4.